The summed E-state index contributed by atoms with van der Waals surface area (Å²) in [6.07, 6.45) is 3.23. The lowest BCUT2D eigenvalue weighted by Gasteiger charge is -2.32. The molecule has 0 saturated carbocycles. The molecule has 2 aromatic carbocycles. The number of piperazine rings is 1. The summed E-state index contributed by atoms with van der Waals surface area (Å²) in [4.78, 5) is 45.5. The Hall–Kier alpha value is -4.06. The lowest BCUT2D eigenvalue weighted by molar-refractivity contribution is 0.0915. The monoisotopic (exact) mass is 644 g/mol. The molecule has 0 unspecified atom stereocenters. The van der Waals surface area contributed by atoms with Crippen molar-refractivity contribution in [1.82, 2.24) is 24.9 Å². The van der Waals surface area contributed by atoms with Gasteiger partial charge in [-0.05, 0) is 56.6 Å². The molecule has 5 rings (SSSR count). The average Bonchev–Trinajstić information content (AvgIpc) is 3.63. The van der Waals surface area contributed by atoms with E-state index in [1.165, 1.54) is 0 Å². The van der Waals surface area contributed by atoms with Gasteiger partial charge in [0.05, 0.1) is 22.4 Å². The van der Waals surface area contributed by atoms with Gasteiger partial charge in [0.15, 0.2) is 5.82 Å². The van der Waals surface area contributed by atoms with Crippen LogP contribution < -0.4 is 10.6 Å². The summed E-state index contributed by atoms with van der Waals surface area (Å²) in [5.74, 6) is -0.446. The van der Waals surface area contributed by atoms with E-state index in [0.29, 0.717) is 20.7 Å². The van der Waals surface area contributed by atoms with E-state index >= 15 is 0 Å². The second-order valence-electron chi connectivity index (χ2n) is 12.4. The maximum absolute atomic E-state index is 13.5. The largest absolute Gasteiger partial charge is 0.448 e. The molecule has 4 aromatic rings. The van der Waals surface area contributed by atoms with Crippen LogP contribution in [0.5, 0.6) is 0 Å². The molecule has 0 spiro atoms. The van der Waals surface area contributed by atoms with Gasteiger partial charge in [-0.25, -0.2) is 4.79 Å². The van der Waals surface area contributed by atoms with E-state index in [1.807, 2.05) is 56.3 Å². The molecule has 2 amide bonds. The number of fused-ring (bicyclic) bond motifs is 1. The minimum atomic E-state index is -0.645. The van der Waals surface area contributed by atoms with Gasteiger partial charge in [-0.15, -0.1) is 16.4 Å². The molecule has 2 aromatic heterocycles. The van der Waals surface area contributed by atoms with Crippen LogP contribution in [0.25, 0.3) is 10.2 Å². The number of nitrogens with zero attached hydrogens (tertiary/aromatic N) is 4. The van der Waals surface area contributed by atoms with Crippen molar-refractivity contribution in [3.05, 3.63) is 82.2 Å². The van der Waals surface area contributed by atoms with Crippen LogP contribution in [0.15, 0.2) is 60.7 Å². The van der Waals surface area contributed by atoms with E-state index in [2.05, 4.69) is 39.5 Å². The normalized spacial score (nSPS) is 14.3. The fourth-order valence-electron chi connectivity index (χ4n) is 5.46. The van der Waals surface area contributed by atoms with E-state index in [-0.39, 0.29) is 24.2 Å². The van der Waals surface area contributed by atoms with Gasteiger partial charge in [0, 0.05) is 38.3 Å². The van der Waals surface area contributed by atoms with Crippen LogP contribution in [-0.4, -0.2) is 77.3 Å². The van der Waals surface area contributed by atoms with Gasteiger partial charge >= 0.3 is 6.09 Å². The zero-order valence-corrected chi connectivity index (χ0v) is 28.0. The van der Waals surface area contributed by atoms with Crippen molar-refractivity contribution in [2.24, 2.45) is 0 Å². The molecule has 2 N–H and O–H groups in total. The molecule has 244 valence electrons. The van der Waals surface area contributed by atoms with E-state index in [1.54, 1.807) is 18.2 Å². The van der Waals surface area contributed by atoms with Crippen LogP contribution in [0, 0.1) is 0 Å². The third kappa shape index (κ3) is 8.20. The number of carbonyl (C=O) groups excluding carboxylic acids is 3. The summed E-state index contributed by atoms with van der Waals surface area (Å²) in [6.45, 7) is 11.2. The zero-order valence-electron chi connectivity index (χ0n) is 27.2. The van der Waals surface area contributed by atoms with Crippen LogP contribution in [0.3, 0.4) is 0 Å². The SMILES string of the molecule is CCCCCCOC(=O)n1nc(NC(=O)c2ccc(CN3CCN(C)CC3)cc2)c2cc(C(=O)NC(C)(C)c3ccccc3)sc21. The topological polar surface area (TPSA) is 109 Å². The Bertz CT molecular complexity index is 1640. The maximum Gasteiger partial charge on any atom is 0.436 e. The number of ether oxygens (including phenoxy) is 1. The molecule has 0 bridgehead atoms. The molecule has 1 saturated heterocycles. The molecule has 0 atom stereocenters. The van der Waals surface area contributed by atoms with Crippen LogP contribution in [0.1, 0.15) is 77.6 Å². The van der Waals surface area contributed by atoms with Gasteiger partial charge in [0.2, 0.25) is 0 Å². The number of amides is 2. The van der Waals surface area contributed by atoms with Gasteiger partial charge in [0.1, 0.15) is 4.83 Å². The third-order valence-corrected chi connectivity index (χ3v) is 9.46. The molecule has 0 aliphatic carbocycles. The number of hydrogen-bond acceptors (Lipinski definition) is 8. The number of hydrogen-bond donors (Lipinski definition) is 2. The minimum absolute atomic E-state index is 0.196. The first-order valence-corrected chi connectivity index (χ1v) is 16.8. The fourth-order valence-corrected chi connectivity index (χ4v) is 6.46. The van der Waals surface area contributed by atoms with Crippen molar-refractivity contribution >= 4 is 45.3 Å². The van der Waals surface area contributed by atoms with Crippen LogP contribution in [-0.2, 0) is 16.8 Å². The fraction of sp³-hybridized carbons (Fsp3) is 0.429. The summed E-state index contributed by atoms with van der Waals surface area (Å²) in [5, 5.41) is 10.9. The standard InChI is InChI=1S/C35H44N6O4S/c1-5-6-7-11-22-45-34(44)41-33-28(23-29(46-33)32(43)37-35(2,3)27-12-9-8-10-13-27)30(38-41)36-31(42)26-16-14-25(15-17-26)24-40-20-18-39(4)19-21-40/h8-10,12-17,23H,5-7,11,18-22,24H2,1-4H3,(H,37,43)(H,36,38,42). The Balaban J connectivity index is 1.34. The lowest BCUT2D eigenvalue weighted by atomic mass is 9.94. The summed E-state index contributed by atoms with van der Waals surface area (Å²) in [6, 6.07) is 18.9. The number of anilines is 1. The molecular weight excluding hydrogens is 600 g/mol. The first kappa shape index (κ1) is 33.3. The number of likely N-dealkylation sites (N-methyl/N-ethyl adjacent to an activating group) is 1. The van der Waals surface area contributed by atoms with Crippen molar-refractivity contribution in [2.45, 2.75) is 58.5 Å². The Morgan fingerprint density at radius 1 is 0.935 bits per heavy atom. The number of carbonyl (C=O) groups is 3. The second kappa shape index (κ2) is 15.0. The third-order valence-electron chi connectivity index (χ3n) is 8.35. The number of thiophene rings is 1. The highest BCUT2D eigenvalue weighted by Gasteiger charge is 2.27. The maximum atomic E-state index is 13.5. The number of aromatic nitrogens is 2. The Morgan fingerprint density at radius 3 is 2.35 bits per heavy atom. The molecule has 0 radical (unpaired) electrons. The van der Waals surface area contributed by atoms with Gasteiger partial charge in [0.25, 0.3) is 11.8 Å². The van der Waals surface area contributed by atoms with Crippen molar-refractivity contribution < 1.29 is 19.1 Å². The van der Waals surface area contributed by atoms with Crippen LogP contribution in [0.4, 0.5) is 10.6 Å². The number of nitrogens with one attached hydrogen (secondary N) is 2. The highest BCUT2D eigenvalue weighted by Crippen LogP contribution is 2.33. The summed E-state index contributed by atoms with van der Waals surface area (Å²) >= 11 is 1.13. The predicted molar refractivity (Wildman–Crippen MR) is 183 cm³/mol. The molecule has 3 heterocycles. The first-order chi connectivity index (χ1) is 22.1. The molecule has 1 fully saturated rings. The first-order valence-electron chi connectivity index (χ1n) is 16.0. The zero-order chi connectivity index (χ0) is 32.7. The van der Waals surface area contributed by atoms with Gasteiger partial charge in [-0.3, -0.25) is 14.5 Å². The van der Waals surface area contributed by atoms with E-state index < -0.39 is 11.6 Å². The van der Waals surface area contributed by atoms with Gasteiger partial charge in [-0.2, -0.15) is 4.68 Å². The average molecular weight is 645 g/mol. The Morgan fingerprint density at radius 2 is 1.65 bits per heavy atom. The van der Waals surface area contributed by atoms with Gasteiger partial charge in [-0.1, -0.05) is 68.7 Å². The molecular formula is C35H44N6O4S. The second-order valence-corrected chi connectivity index (χ2v) is 13.5. The predicted octanol–water partition coefficient (Wildman–Crippen LogP) is 6.33. The van der Waals surface area contributed by atoms with Crippen molar-refractivity contribution in [2.75, 3.05) is 45.2 Å². The van der Waals surface area contributed by atoms with Crippen molar-refractivity contribution in [1.29, 1.82) is 0 Å². The molecule has 1 aliphatic rings. The quantitative estimate of drug-likeness (QED) is 0.174. The number of unbranched alkanes of at least 4 members (excludes halogenated alkanes) is 3. The van der Waals surface area contributed by atoms with E-state index in [9.17, 15) is 14.4 Å². The molecule has 11 heteroatoms. The van der Waals surface area contributed by atoms with Crippen LogP contribution >= 0.6 is 11.3 Å². The molecule has 46 heavy (non-hydrogen) atoms. The Labute approximate surface area is 274 Å². The van der Waals surface area contributed by atoms with Crippen molar-refractivity contribution in [3.63, 3.8) is 0 Å². The van der Waals surface area contributed by atoms with Crippen molar-refractivity contribution in [3.8, 4) is 0 Å². The van der Waals surface area contributed by atoms with E-state index in [4.69, 9.17) is 4.74 Å². The number of benzene rings is 2. The highest BCUT2D eigenvalue weighted by molar-refractivity contribution is 7.20. The Kier molecular flexibility index (Phi) is 10.9. The van der Waals surface area contributed by atoms with Gasteiger partial charge < -0.3 is 20.3 Å². The summed E-state index contributed by atoms with van der Waals surface area (Å²) in [5.41, 5.74) is 1.94. The van der Waals surface area contributed by atoms with Crippen LogP contribution in [0.2, 0.25) is 0 Å². The molecule has 1 aliphatic heterocycles. The smallest absolute Gasteiger partial charge is 0.436 e. The molecule has 10 nitrogen and oxygen atoms in total. The number of rotatable bonds is 12. The summed E-state index contributed by atoms with van der Waals surface area (Å²) < 4.78 is 6.67. The lowest BCUT2D eigenvalue weighted by Crippen LogP contribution is -2.43. The summed E-state index contributed by atoms with van der Waals surface area (Å²) in [7, 11) is 2.14. The van der Waals surface area contributed by atoms with E-state index in [0.717, 1.165) is 85.6 Å². The highest BCUT2D eigenvalue weighted by atomic mass is 32.1. The minimum Gasteiger partial charge on any atom is -0.448 e.